The van der Waals surface area contributed by atoms with Gasteiger partial charge in [0, 0.05) is 32.6 Å². The molecule has 2 aromatic carbocycles. The van der Waals surface area contributed by atoms with Gasteiger partial charge in [0.25, 0.3) is 0 Å². The summed E-state index contributed by atoms with van der Waals surface area (Å²) in [5.74, 6) is 1.07. The maximum atomic E-state index is 6.47. The number of benzene rings is 2. The Balaban J connectivity index is 1.55. The molecule has 0 aliphatic carbocycles. The molecule has 2 aliphatic heterocycles. The van der Waals surface area contributed by atoms with E-state index in [4.69, 9.17) is 10.5 Å². The number of hydrogen-bond donors (Lipinski definition) is 1. The maximum absolute atomic E-state index is 6.47. The predicted octanol–water partition coefficient (Wildman–Crippen LogP) is 3.08. The SMILES string of the molecule is NCCN1CCC2(CCc3cc(-c4ccccc4)ccc3O2)C1. The highest BCUT2D eigenvalue weighted by Gasteiger charge is 2.42. The zero-order valence-electron chi connectivity index (χ0n) is 13.5. The molecule has 120 valence electrons. The van der Waals surface area contributed by atoms with Gasteiger partial charge >= 0.3 is 0 Å². The number of nitrogens with two attached hydrogens (primary N) is 1. The second kappa shape index (κ2) is 5.99. The Morgan fingerprint density at radius 3 is 2.74 bits per heavy atom. The van der Waals surface area contributed by atoms with Crippen LogP contribution in [0.5, 0.6) is 5.75 Å². The summed E-state index contributed by atoms with van der Waals surface area (Å²) in [7, 11) is 0. The predicted molar refractivity (Wildman–Crippen MR) is 93.7 cm³/mol. The Labute approximate surface area is 138 Å². The highest BCUT2D eigenvalue weighted by molar-refractivity contribution is 5.65. The van der Waals surface area contributed by atoms with E-state index in [0.29, 0.717) is 0 Å². The van der Waals surface area contributed by atoms with Crippen LogP contribution in [0.15, 0.2) is 48.5 Å². The first-order chi connectivity index (χ1) is 11.3. The van der Waals surface area contributed by atoms with Gasteiger partial charge in [0.2, 0.25) is 0 Å². The number of ether oxygens (including phenoxy) is 1. The molecule has 3 heteroatoms. The second-order valence-electron chi connectivity index (χ2n) is 6.79. The molecule has 4 rings (SSSR count). The van der Waals surface area contributed by atoms with E-state index in [-0.39, 0.29) is 5.60 Å². The van der Waals surface area contributed by atoms with Crippen LogP contribution in [0.1, 0.15) is 18.4 Å². The smallest absolute Gasteiger partial charge is 0.123 e. The van der Waals surface area contributed by atoms with Gasteiger partial charge in [0.15, 0.2) is 0 Å². The fourth-order valence-corrected chi connectivity index (χ4v) is 3.92. The van der Waals surface area contributed by atoms with Crippen LogP contribution < -0.4 is 10.5 Å². The number of likely N-dealkylation sites (tertiary alicyclic amines) is 1. The van der Waals surface area contributed by atoms with E-state index in [1.807, 2.05) is 0 Å². The fourth-order valence-electron chi connectivity index (χ4n) is 3.92. The molecule has 1 spiro atoms. The number of hydrogen-bond acceptors (Lipinski definition) is 3. The van der Waals surface area contributed by atoms with Crippen LogP contribution in [-0.2, 0) is 6.42 Å². The van der Waals surface area contributed by atoms with Gasteiger partial charge in [-0.1, -0.05) is 36.4 Å². The molecule has 0 amide bonds. The quantitative estimate of drug-likeness (QED) is 0.947. The lowest BCUT2D eigenvalue weighted by atomic mass is 9.89. The van der Waals surface area contributed by atoms with Gasteiger partial charge < -0.3 is 10.5 Å². The molecule has 2 aromatic rings. The lowest BCUT2D eigenvalue weighted by molar-refractivity contribution is 0.0549. The maximum Gasteiger partial charge on any atom is 0.123 e. The molecule has 3 nitrogen and oxygen atoms in total. The van der Waals surface area contributed by atoms with Gasteiger partial charge in [0.05, 0.1) is 0 Å². The lowest BCUT2D eigenvalue weighted by Gasteiger charge is -2.36. The zero-order valence-corrected chi connectivity index (χ0v) is 13.5. The fraction of sp³-hybridized carbons (Fsp3) is 0.400. The van der Waals surface area contributed by atoms with E-state index in [9.17, 15) is 0 Å². The Morgan fingerprint density at radius 2 is 1.91 bits per heavy atom. The summed E-state index contributed by atoms with van der Waals surface area (Å²) in [6.07, 6.45) is 3.33. The van der Waals surface area contributed by atoms with Crippen molar-refractivity contribution in [1.29, 1.82) is 0 Å². The average Bonchev–Trinajstić information content (AvgIpc) is 2.98. The molecular weight excluding hydrogens is 284 g/mol. The first-order valence-corrected chi connectivity index (χ1v) is 8.58. The summed E-state index contributed by atoms with van der Waals surface area (Å²) in [4.78, 5) is 2.43. The van der Waals surface area contributed by atoms with Gasteiger partial charge in [-0.25, -0.2) is 0 Å². The molecule has 1 atom stereocenters. The summed E-state index contributed by atoms with van der Waals surface area (Å²) >= 11 is 0. The van der Waals surface area contributed by atoms with Crippen molar-refractivity contribution in [3.8, 4) is 16.9 Å². The molecular formula is C20H24N2O. The normalized spacial score (nSPS) is 23.7. The molecule has 1 saturated heterocycles. The van der Waals surface area contributed by atoms with Gasteiger partial charge in [0.1, 0.15) is 11.4 Å². The van der Waals surface area contributed by atoms with Crippen molar-refractivity contribution in [3.05, 3.63) is 54.1 Å². The third kappa shape index (κ3) is 2.87. The van der Waals surface area contributed by atoms with Crippen LogP contribution >= 0.6 is 0 Å². The van der Waals surface area contributed by atoms with Crippen LogP contribution in [0.4, 0.5) is 0 Å². The van der Waals surface area contributed by atoms with E-state index in [0.717, 1.165) is 51.2 Å². The standard InChI is InChI=1S/C20H24N2O/c21-11-13-22-12-10-20(15-22)9-8-18-14-17(6-7-19(18)23-20)16-4-2-1-3-5-16/h1-7,14H,8-13,15,21H2. The molecule has 1 fully saturated rings. The molecule has 0 radical (unpaired) electrons. The monoisotopic (exact) mass is 308 g/mol. The van der Waals surface area contributed by atoms with E-state index in [1.54, 1.807) is 0 Å². The van der Waals surface area contributed by atoms with Gasteiger partial charge in [-0.05, 0) is 41.7 Å². The third-order valence-corrected chi connectivity index (χ3v) is 5.18. The van der Waals surface area contributed by atoms with Crippen molar-refractivity contribution in [2.75, 3.05) is 26.2 Å². The summed E-state index contributed by atoms with van der Waals surface area (Å²) in [6, 6.07) is 17.2. The molecule has 23 heavy (non-hydrogen) atoms. The van der Waals surface area contributed by atoms with Crippen molar-refractivity contribution in [2.24, 2.45) is 5.73 Å². The van der Waals surface area contributed by atoms with Crippen molar-refractivity contribution >= 4 is 0 Å². The molecule has 2 heterocycles. The number of aryl methyl sites for hydroxylation is 1. The zero-order chi connectivity index (χ0) is 15.7. The highest BCUT2D eigenvalue weighted by atomic mass is 16.5. The summed E-state index contributed by atoms with van der Waals surface area (Å²) in [6.45, 7) is 3.83. The van der Waals surface area contributed by atoms with Crippen LogP contribution in [-0.4, -0.2) is 36.7 Å². The first kappa shape index (κ1) is 14.7. The topological polar surface area (TPSA) is 38.5 Å². The van der Waals surface area contributed by atoms with Gasteiger partial charge in [-0.3, -0.25) is 4.90 Å². The number of nitrogens with zero attached hydrogens (tertiary/aromatic N) is 1. The van der Waals surface area contributed by atoms with Crippen LogP contribution in [0.25, 0.3) is 11.1 Å². The largest absolute Gasteiger partial charge is 0.486 e. The van der Waals surface area contributed by atoms with Crippen molar-refractivity contribution < 1.29 is 4.74 Å². The number of fused-ring (bicyclic) bond motifs is 1. The first-order valence-electron chi connectivity index (χ1n) is 8.58. The average molecular weight is 308 g/mol. The Kier molecular flexibility index (Phi) is 3.83. The Bertz CT molecular complexity index is 685. The minimum atomic E-state index is 0.0104. The van der Waals surface area contributed by atoms with E-state index >= 15 is 0 Å². The lowest BCUT2D eigenvalue weighted by Crippen LogP contribution is -2.43. The molecule has 2 N–H and O–H groups in total. The minimum absolute atomic E-state index is 0.0104. The van der Waals surface area contributed by atoms with E-state index in [2.05, 4.69) is 53.4 Å². The van der Waals surface area contributed by atoms with Crippen LogP contribution in [0.3, 0.4) is 0 Å². The summed E-state index contributed by atoms with van der Waals surface area (Å²) in [5, 5.41) is 0. The van der Waals surface area contributed by atoms with E-state index in [1.165, 1.54) is 16.7 Å². The van der Waals surface area contributed by atoms with Crippen LogP contribution in [0.2, 0.25) is 0 Å². The molecule has 0 saturated carbocycles. The van der Waals surface area contributed by atoms with Crippen molar-refractivity contribution in [3.63, 3.8) is 0 Å². The Hall–Kier alpha value is -1.84. The minimum Gasteiger partial charge on any atom is -0.486 e. The van der Waals surface area contributed by atoms with Gasteiger partial charge in [-0.2, -0.15) is 0 Å². The van der Waals surface area contributed by atoms with Crippen molar-refractivity contribution in [1.82, 2.24) is 4.90 Å². The van der Waals surface area contributed by atoms with Crippen molar-refractivity contribution in [2.45, 2.75) is 24.9 Å². The Morgan fingerprint density at radius 1 is 1.04 bits per heavy atom. The molecule has 2 aliphatic rings. The highest BCUT2D eigenvalue weighted by Crippen LogP contribution is 2.40. The second-order valence-corrected chi connectivity index (χ2v) is 6.79. The molecule has 1 unspecified atom stereocenters. The van der Waals surface area contributed by atoms with Gasteiger partial charge in [-0.15, -0.1) is 0 Å². The summed E-state index contributed by atoms with van der Waals surface area (Å²) in [5.41, 5.74) is 9.59. The molecule has 0 bridgehead atoms. The number of rotatable bonds is 3. The molecule has 0 aromatic heterocycles. The van der Waals surface area contributed by atoms with Crippen LogP contribution in [0, 0.1) is 0 Å². The summed E-state index contributed by atoms with van der Waals surface area (Å²) < 4.78 is 6.47. The van der Waals surface area contributed by atoms with E-state index < -0.39 is 0 Å². The third-order valence-electron chi connectivity index (χ3n) is 5.18.